The summed E-state index contributed by atoms with van der Waals surface area (Å²) in [7, 11) is 0. The average Bonchev–Trinajstić information content (AvgIpc) is 2.43. The lowest BCUT2D eigenvalue weighted by Gasteiger charge is -2.09. The van der Waals surface area contributed by atoms with Gasteiger partial charge >= 0.3 is 0 Å². The van der Waals surface area contributed by atoms with Gasteiger partial charge < -0.3 is 10.5 Å². The van der Waals surface area contributed by atoms with Gasteiger partial charge in [-0.25, -0.2) is 13.2 Å². The maximum Gasteiger partial charge on any atom is 0.248 e. The second-order valence-corrected chi connectivity index (χ2v) is 4.00. The molecule has 6 heteroatoms. The van der Waals surface area contributed by atoms with Crippen molar-refractivity contribution in [3.8, 4) is 5.75 Å². The zero-order valence-electron chi connectivity index (χ0n) is 10.2. The Kier molecular flexibility index (Phi) is 3.93. The van der Waals surface area contributed by atoms with E-state index in [2.05, 4.69) is 0 Å². The largest absolute Gasteiger partial charge is 0.489 e. The molecule has 0 radical (unpaired) electrons. The van der Waals surface area contributed by atoms with Gasteiger partial charge in [-0.3, -0.25) is 4.79 Å². The first-order chi connectivity index (χ1) is 9.49. The van der Waals surface area contributed by atoms with Crippen LogP contribution in [0.1, 0.15) is 15.9 Å². The van der Waals surface area contributed by atoms with Crippen LogP contribution in [0.15, 0.2) is 36.4 Å². The van der Waals surface area contributed by atoms with E-state index in [1.165, 1.54) is 24.3 Å². The summed E-state index contributed by atoms with van der Waals surface area (Å²) in [5, 5.41) is 0. The first kappa shape index (κ1) is 13.9. The molecular weight excluding hydrogens is 271 g/mol. The second kappa shape index (κ2) is 5.64. The molecule has 0 aliphatic rings. The lowest BCUT2D eigenvalue weighted by atomic mass is 10.2. The van der Waals surface area contributed by atoms with E-state index < -0.39 is 35.5 Å². The number of carbonyl (C=O) groups is 1. The van der Waals surface area contributed by atoms with E-state index in [0.29, 0.717) is 6.07 Å². The highest BCUT2D eigenvalue weighted by Gasteiger charge is 2.14. The van der Waals surface area contributed by atoms with Gasteiger partial charge in [0.05, 0.1) is 5.56 Å². The third-order valence-electron chi connectivity index (χ3n) is 2.64. The minimum atomic E-state index is -1.30. The van der Waals surface area contributed by atoms with Crippen molar-refractivity contribution >= 4 is 5.91 Å². The monoisotopic (exact) mass is 281 g/mol. The van der Waals surface area contributed by atoms with Gasteiger partial charge in [0.25, 0.3) is 0 Å². The van der Waals surface area contributed by atoms with E-state index in [1.54, 1.807) is 0 Å². The van der Waals surface area contributed by atoms with Crippen LogP contribution in [0.2, 0.25) is 0 Å². The van der Waals surface area contributed by atoms with Gasteiger partial charge in [-0.15, -0.1) is 0 Å². The zero-order valence-corrected chi connectivity index (χ0v) is 10.2. The molecule has 2 N–H and O–H groups in total. The second-order valence-electron chi connectivity index (χ2n) is 4.00. The van der Waals surface area contributed by atoms with Crippen LogP contribution in [-0.4, -0.2) is 5.91 Å². The Morgan fingerprint density at radius 2 is 1.80 bits per heavy atom. The van der Waals surface area contributed by atoms with Crippen LogP contribution in [-0.2, 0) is 6.61 Å². The number of benzene rings is 2. The Labute approximate surface area is 112 Å². The summed E-state index contributed by atoms with van der Waals surface area (Å²) in [6.45, 7) is -0.502. The maximum absolute atomic E-state index is 13.4. The van der Waals surface area contributed by atoms with E-state index in [1.807, 2.05) is 0 Å². The highest BCUT2D eigenvalue weighted by Crippen LogP contribution is 2.19. The molecule has 2 aromatic carbocycles. The van der Waals surface area contributed by atoms with E-state index in [4.69, 9.17) is 10.5 Å². The smallest absolute Gasteiger partial charge is 0.248 e. The molecule has 0 atom stereocenters. The van der Waals surface area contributed by atoms with Crippen molar-refractivity contribution < 1.29 is 22.7 Å². The quantitative estimate of drug-likeness (QED) is 0.876. The number of halogens is 3. The molecule has 2 aromatic rings. The average molecular weight is 281 g/mol. The van der Waals surface area contributed by atoms with Crippen LogP contribution in [0.5, 0.6) is 5.75 Å². The molecule has 0 aromatic heterocycles. The molecule has 2 rings (SSSR count). The predicted octanol–water partition coefficient (Wildman–Crippen LogP) is 2.78. The van der Waals surface area contributed by atoms with Gasteiger partial charge in [0.2, 0.25) is 5.91 Å². The number of hydrogen-bond acceptors (Lipinski definition) is 2. The van der Waals surface area contributed by atoms with Crippen LogP contribution in [0.3, 0.4) is 0 Å². The number of hydrogen-bond donors (Lipinski definition) is 1. The summed E-state index contributed by atoms with van der Waals surface area (Å²) in [6, 6.07) is 7.31. The van der Waals surface area contributed by atoms with Crippen LogP contribution in [0, 0.1) is 17.5 Å². The number of ether oxygens (including phenoxy) is 1. The lowest BCUT2D eigenvalue weighted by molar-refractivity contribution is 0.0999. The molecule has 104 valence electrons. The predicted molar refractivity (Wildman–Crippen MR) is 65.6 cm³/mol. The molecule has 0 aliphatic heterocycles. The summed E-state index contributed by atoms with van der Waals surface area (Å²) in [6.07, 6.45) is 0. The van der Waals surface area contributed by atoms with Crippen LogP contribution in [0.4, 0.5) is 13.2 Å². The first-order valence-corrected chi connectivity index (χ1v) is 5.64. The fourth-order valence-electron chi connectivity index (χ4n) is 1.60. The minimum Gasteiger partial charge on any atom is -0.489 e. The van der Waals surface area contributed by atoms with Gasteiger partial charge in [0, 0.05) is 5.56 Å². The molecule has 0 heterocycles. The third kappa shape index (κ3) is 2.90. The SMILES string of the molecule is NC(=O)c1cccc(OCc2c(F)ccc(F)c2F)c1. The van der Waals surface area contributed by atoms with E-state index in [9.17, 15) is 18.0 Å². The molecular formula is C14H10F3NO2. The number of amides is 1. The molecule has 0 unspecified atom stereocenters. The van der Waals surface area contributed by atoms with Crippen molar-refractivity contribution in [2.75, 3.05) is 0 Å². The van der Waals surface area contributed by atoms with E-state index in [-0.39, 0.29) is 11.3 Å². The molecule has 20 heavy (non-hydrogen) atoms. The Morgan fingerprint density at radius 3 is 2.50 bits per heavy atom. The molecule has 0 fully saturated rings. The first-order valence-electron chi connectivity index (χ1n) is 5.64. The number of nitrogens with two attached hydrogens (primary N) is 1. The Balaban J connectivity index is 2.19. The summed E-state index contributed by atoms with van der Waals surface area (Å²) < 4.78 is 44.9. The molecule has 1 amide bonds. The number of primary amides is 1. The van der Waals surface area contributed by atoms with Crippen LogP contribution in [0.25, 0.3) is 0 Å². The fraction of sp³-hybridized carbons (Fsp3) is 0.0714. The third-order valence-corrected chi connectivity index (χ3v) is 2.64. The van der Waals surface area contributed by atoms with Crippen molar-refractivity contribution in [1.29, 1.82) is 0 Å². The van der Waals surface area contributed by atoms with Crippen molar-refractivity contribution in [3.05, 3.63) is 65.0 Å². The van der Waals surface area contributed by atoms with Crippen molar-refractivity contribution in [1.82, 2.24) is 0 Å². The highest BCUT2D eigenvalue weighted by atomic mass is 19.2. The normalized spacial score (nSPS) is 10.3. The summed E-state index contributed by atoms with van der Waals surface area (Å²) in [5.41, 5.74) is 4.77. The summed E-state index contributed by atoms with van der Waals surface area (Å²) in [5.74, 6) is -3.81. The lowest BCUT2D eigenvalue weighted by Crippen LogP contribution is -2.11. The van der Waals surface area contributed by atoms with Gasteiger partial charge in [-0.2, -0.15) is 0 Å². The Bertz CT molecular complexity index is 659. The summed E-state index contributed by atoms with van der Waals surface area (Å²) in [4.78, 5) is 11.0. The zero-order chi connectivity index (χ0) is 14.7. The highest BCUT2D eigenvalue weighted by molar-refractivity contribution is 5.93. The van der Waals surface area contributed by atoms with Gasteiger partial charge in [-0.1, -0.05) is 6.07 Å². The maximum atomic E-state index is 13.4. The van der Waals surface area contributed by atoms with Crippen molar-refractivity contribution in [3.63, 3.8) is 0 Å². The topological polar surface area (TPSA) is 52.3 Å². The number of rotatable bonds is 4. The molecule has 3 nitrogen and oxygen atoms in total. The molecule has 0 saturated carbocycles. The Morgan fingerprint density at radius 1 is 1.10 bits per heavy atom. The van der Waals surface area contributed by atoms with Crippen LogP contribution >= 0.6 is 0 Å². The van der Waals surface area contributed by atoms with Crippen molar-refractivity contribution in [2.45, 2.75) is 6.61 Å². The molecule has 0 bridgehead atoms. The van der Waals surface area contributed by atoms with E-state index >= 15 is 0 Å². The fourth-order valence-corrected chi connectivity index (χ4v) is 1.60. The molecule has 0 aliphatic carbocycles. The minimum absolute atomic E-state index is 0.197. The number of carbonyl (C=O) groups excluding carboxylic acids is 1. The molecule has 0 saturated heterocycles. The van der Waals surface area contributed by atoms with Crippen LogP contribution < -0.4 is 10.5 Å². The standard InChI is InChI=1S/C14H10F3NO2/c15-11-4-5-12(16)13(17)10(11)7-20-9-3-1-2-8(6-9)14(18)19/h1-6H,7H2,(H2,18,19). The van der Waals surface area contributed by atoms with Gasteiger partial charge in [-0.05, 0) is 30.3 Å². The Hall–Kier alpha value is -2.50. The van der Waals surface area contributed by atoms with Gasteiger partial charge in [0.15, 0.2) is 11.6 Å². The van der Waals surface area contributed by atoms with Gasteiger partial charge in [0.1, 0.15) is 18.2 Å². The van der Waals surface area contributed by atoms with Crippen molar-refractivity contribution in [2.24, 2.45) is 5.73 Å². The summed E-state index contributed by atoms with van der Waals surface area (Å²) >= 11 is 0. The van der Waals surface area contributed by atoms with E-state index in [0.717, 1.165) is 6.07 Å². The molecule has 0 spiro atoms.